The number of nitrogens with one attached hydrogen (secondary N) is 1. The van der Waals surface area contributed by atoms with E-state index in [0.29, 0.717) is 0 Å². The van der Waals surface area contributed by atoms with Crippen molar-refractivity contribution in [2.24, 2.45) is 12.9 Å². The van der Waals surface area contributed by atoms with Gasteiger partial charge in [-0.3, -0.25) is 16.0 Å². The van der Waals surface area contributed by atoms with Crippen LogP contribution in [0, 0.1) is 6.92 Å². The zero-order valence-corrected chi connectivity index (χ0v) is 12.6. The van der Waals surface area contributed by atoms with Crippen LogP contribution in [-0.4, -0.2) is 40.4 Å². The molecule has 1 unspecified atom stereocenters. The molecule has 0 radical (unpaired) electrons. The first kappa shape index (κ1) is 14.5. The van der Waals surface area contributed by atoms with Gasteiger partial charge >= 0.3 is 0 Å². The highest BCUT2D eigenvalue weighted by Gasteiger charge is 2.43. The number of nitrogens with two attached hydrogens (primary N) is 1. The maximum Gasteiger partial charge on any atom is 0.0596 e. The Bertz CT molecular complexity index is 417. The second kappa shape index (κ2) is 5.61. The molecular formula is C14H27N5. The predicted molar refractivity (Wildman–Crippen MR) is 77.6 cm³/mol. The van der Waals surface area contributed by atoms with E-state index >= 15 is 0 Å². The topological polar surface area (TPSA) is 59.1 Å². The molecule has 1 aromatic rings. The zero-order chi connectivity index (χ0) is 14.0. The van der Waals surface area contributed by atoms with Crippen molar-refractivity contribution in [1.29, 1.82) is 0 Å². The number of nitrogens with zero attached hydrogens (tertiary/aromatic N) is 3. The van der Waals surface area contributed by atoms with Crippen molar-refractivity contribution in [1.82, 2.24) is 20.1 Å². The van der Waals surface area contributed by atoms with Gasteiger partial charge in [0.25, 0.3) is 0 Å². The van der Waals surface area contributed by atoms with E-state index in [2.05, 4.69) is 35.6 Å². The molecule has 0 aromatic carbocycles. The van der Waals surface area contributed by atoms with Gasteiger partial charge in [-0.2, -0.15) is 5.10 Å². The van der Waals surface area contributed by atoms with E-state index in [1.165, 1.54) is 31.4 Å². The standard InChI is InChI=1S/C14H27N5/c1-11-9-12(19(4)17-11)10-13(16-15)14(18(2)3)7-5-6-8-14/h9,13,16H,5-8,10,15H2,1-4H3. The van der Waals surface area contributed by atoms with Crippen LogP contribution in [-0.2, 0) is 13.5 Å². The van der Waals surface area contributed by atoms with E-state index in [4.69, 9.17) is 5.84 Å². The van der Waals surface area contributed by atoms with E-state index in [1.54, 1.807) is 0 Å². The largest absolute Gasteiger partial charge is 0.302 e. The monoisotopic (exact) mass is 265 g/mol. The third kappa shape index (κ3) is 2.68. The molecule has 0 amide bonds. The first-order chi connectivity index (χ1) is 8.99. The molecule has 2 rings (SSSR count). The Morgan fingerprint density at radius 2 is 2.11 bits per heavy atom. The molecule has 108 valence electrons. The molecule has 1 aliphatic rings. The lowest BCUT2D eigenvalue weighted by Crippen LogP contribution is -2.60. The summed E-state index contributed by atoms with van der Waals surface area (Å²) < 4.78 is 1.97. The van der Waals surface area contributed by atoms with Crippen LogP contribution >= 0.6 is 0 Å². The fraction of sp³-hybridized carbons (Fsp3) is 0.786. The predicted octanol–water partition coefficient (Wildman–Crippen LogP) is 0.977. The quantitative estimate of drug-likeness (QED) is 0.615. The lowest BCUT2D eigenvalue weighted by molar-refractivity contribution is 0.103. The Hall–Kier alpha value is -0.910. The minimum absolute atomic E-state index is 0.174. The molecule has 0 aliphatic heterocycles. The lowest BCUT2D eigenvalue weighted by atomic mass is 9.84. The van der Waals surface area contributed by atoms with Crippen LogP contribution < -0.4 is 11.3 Å². The number of aryl methyl sites for hydroxylation is 2. The van der Waals surface area contributed by atoms with E-state index < -0.39 is 0 Å². The SMILES string of the molecule is Cc1cc(CC(NN)C2(N(C)C)CCCC2)n(C)n1. The van der Waals surface area contributed by atoms with Gasteiger partial charge in [0.15, 0.2) is 0 Å². The minimum atomic E-state index is 0.174. The summed E-state index contributed by atoms with van der Waals surface area (Å²) in [7, 11) is 6.35. The van der Waals surface area contributed by atoms with Crippen molar-refractivity contribution in [3.05, 3.63) is 17.5 Å². The fourth-order valence-electron chi connectivity index (χ4n) is 3.56. The molecule has 1 heterocycles. The smallest absolute Gasteiger partial charge is 0.0596 e. The van der Waals surface area contributed by atoms with Crippen molar-refractivity contribution in [2.45, 2.75) is 50.6 Å². The average Bonchev–Trinajstić information content (AvgIpc) is 2.94. The molecule has 1 aromatic heterocycles. The van der Waals surface area contributed by atoms with Gasteiger partial charge in [0.05, 0.1) is 5.69 Å². The molecule has 3 N–H and O–H groups in total. The van der Waals surface area contributed by atoms with E-state index in [1.807, 2.05) is 18.7 Å². The Balaban J connectivity index is 2.21. The van der Waals surface area contributed by atoms with Crippen LogP contribution in [0.1, 0.15) is 37.1 Å². The molecule has 1 fully saturated rings. The van der Waals surface area contributed by atoms with Crippen molar-refractivity contribution < 1.29 is 0 Å². The Kier molecular flexibility index (Phi) is 4.28. The maximum absolute atomic E-state index is 5.87. The van der Waals surface area contributed by atoms with Crippen LogP contribution in [0.25, 0.3) is 0 Å². The van der Waals surface area contributed by atoms with Crippen molar-refractivity contribution in [3.63, 3.8) is 0 Å². The lowest BCUT2D eigenvalue weighted by Gasteiger charge is -2.43. The number of aromatic nitrogens is 2. The molecule has 5 heteroatoms. The van der Waals surface area contributed by atoms with Gasteiger partial charge in [-0.05, 0) is 39.9 Å². The minimum Gasteiger partial charge on any atom is -0.302 e. The fourth-order valence-corrected chi connectivity index (χ4v) is 3.56. The summed E-state index contributed by atoms with van der Waals surface area (Å²) in [5, 5.41) is 4.43. The van der Waals surface area contributed by atoms with Gasteiger partial charge in [-0.25, -0.2) is 0 Å². The van der Waals surface area contributed by atoms with Gasteiger partial charge in [0.2, 0.25) is 0 Å². The molecule has 1 atom stereocenters. The van der Waals surface area contributed by atoms with Gasteiger partial charge in [0, 0.05) is 30.7 Å². The highest BCUT2D eigenvalue weighted by Crippen LogP contribution is 2.37. The third-order valence-electron chi connectivity index (χ3n) is 4.72. The summed E-state index contributed by atoms with van der Waals surface area (Å²) in [5.74, 6) is 5.87. The van der Waals surface area contributed by atoms with Gasteiger partial charge in [-0.15, -0.1) is 0 Å². The Morgan fingerprint density at radius 1 is 1.47 bits per heavy atom. The van der Waals surface area contributed by atoms with Crippen molar-refractivity contribution in [2.75, 3.05) is 14.1 Å². The third-order valence-corrected chi connectivity index (χ3v) is 4.72. The molecule has 0 spiro atoms. The zero-order valence-electron chi connectivity index (χ0n) is 12.6. The molecule has 0 saturated heterocycles. The first-order valence-corrected chi connectivity index (χ1v) is 7.12. The molecular weight excluding hydrogens is 238 g/mol. The normalized spacial score (nSPS) is 20.1. The van der Waals surface area contributed by atoms with E-state index in [-0.39, 0.29) is 11.6 Å². The number of likely N-dealkylation sites (N-methyl/N-ethyl adjacent to an activating group) is 1. The first-order valence-electron chi connectivity index (χ1n) is 7.12. The summed E-state index contributed by atoms with van der Waals surface area (Å²) in [6.45, 7) is 2.03. The van der Waals surface area contributed by atoms with Gasteiger partial charge < -0.3 is 4.90 Å². The second-order valence-corrected chi connectivity index (χ2v) is 6.03. The molecule has 1 aliphatic carbocycles. The summed E-state index contributed by atoms with van der Waals surface area (Å²) in [6, 6.07) is 2.42. The molecule has 5 nitrogen and oxygen atoms in total. The number of hydrogen-bond acceptors (Lipinski definition) is 4. The number of rotatable bonds is 5. The van der Waals surface area contributed by atoms with Crippen LogP contribution in [0.15, 0.2) is 6.07 Å². The van der Waals surface area contributed by atoms with Gasteiger partial charge in [-0.1, -0.05) is 12.8 Å². The van der Waals surface area contributed by atoms with Crippen LogP contribution in [0.4, 0.5) is 0 Å². The van der Waals surface area contributed by atoms with Crippen LogP contribution in [0.5, 0.6) is 0 Å². The van der Waals surface area contributed by atoms with Crippen molar-refractivity contribution >= 4 is 0 Å². The van der Waals surface area contributed by atoms with E-state index in [0.717, 1.165) is 12.1 Å². The summed E-state index contributed by atoms with van der Waals surface area (Å²) in [5.41, 5.74) is 5.55. The second-order valence-electron chi connectivity index (χ2n) is 6.03. The highest BCUT2D eigenvalue weighted by atomic mass is 15.3. The van der Waals surface area contributed by atoms with Gasteiger partial charge in [0.1, 0.15) is 0 Å². The molecule has 0 bridgehead atoms. The average molecular weight is 265 g/mol. The number of hydrogen-bond donors (Lipinski definition) is 2. The molecule has 19 heavy (non-hydrogen) atoms. The van der Waals surface area contributed by atoms with E-state index in [9.17, 15) is 0 Å². The highest BCUT2D eigenvalue weighted by molar-refractivity contribution is 5.13. The molecule has 1 saturated carbocycles. The summed E-state index contributed by atoms with van der Waals surface area (Å²) in [6.07, 6.45) is 5.94. The van der Waals surface area contributed by atoms with Crippen molar-refractivity contribution in [3.8, 4) is 0 Å². The summed E-state index contributed by atoms with van der Waals surface area (Å²) in [4.78, 5) is 2.35. The number of hydrazine groups is 1. The van der Waals surface area contributed by atoms with Crippen LogP contribution in [0.2, 0.25) is 0 Å². The summed E-state index contributed by atoms with van der Waals surface area (Å²) >= 11 is 0. The maximum atomic E-state index is 5.87. The van der Waals surface area contributed by atoms with Crippen LogP contribution in [0.3, 0.4) is 0 Å². The Morgan fingerprint density at radius 3 is 2.53 bits per heavy atom. The Labute approximate surface area is 116 Å².